The molecule has 0 spiro atoms. The van der Waals surface area contributed by atoms with Crippen LogP contribution in [0.4, 0.5) is 0 Å². The second-order valence-electron chi connectivity index (χ2n) is 1.55. The van der Waals surface area contributed by atoms with E-state index < -0.39 is 6.23 Å². The number of hydrogen-bond acceptors (Lipinski definition) is 3. The molecule has 0 aromatic heterocycles. The molecule has 1 rings (SSSR count). The van der Waals surface area contributed by atoms with Crippen LogP contribution in [0, 0.1) is 11.3 Å². The average Bonchev–Trinajstić information content (AvgIpc) is 2.14. The number of hydrogen-bond donors (Lipinski definition) is 1. The van der Waals surface area contributed by atoms with Crippen LogP contribution < -0.4 is 5.32 Å². The Morgan fingerprint density at radius 1 is 2.00 bits per heavy atom. The Bertz CT molecular complexity index is 156. The molecule has 0 aromatic carbocycles. The van der Waals surface area contributed by atoms with Crippen molar-refractivity contribution in [3.8, 4) is 6.07 Å². The summed E-state index contributed by atoms with van der Waals surface area (Å²) in [5.41, 5.74) is 0. The van der Waals surface area contributed by atoms with Gasteiger partial charge in [-0.2, -0.15) is 5.26 Å². The standard InChI is InChI=1S/C5H6N2O/c1-4-3-7-5(2-6)8-4/h3,5,7H,1H3. The van der Waals surface area contributed by atoms with Gasteiger partial charge in [-0.15, -0.1) is 0 Å². The first kappa shape index (κ1) is 4.98. The maximum absolute atomic E-state index is 8.21. The van der Waals surface area contributed by atoms with E-state index >= 15 is 0 Å². The van der Waals surface area contributed by atoms with Crippen LogP contribution in [0.5, 0.6) is 0 Å². The van der Waals surface area contributed by atoms with Gasteiger partial charge in [0.15, 0.2) is 0 Å². The third-order valence-corrected chi connectivity index (χ3v) is 0.859. The lowest BCUT2D eigenvalue weighted by molar-refractivity contribution is 0.176. The van der Waals surface area contributed by atoms with E-state index in [4.69, 9.17) is 10.00 Å². The minimum absolute atomic E-state index is 0.463. The Morgan fingerprint density at radius 2 is 2.75 bits per heavy atom. The van der Waals surface area contributed by atoms with Gasteiger partial charge in [0, 0.05) is 6.20 Å². The normalized spacial score (nSPS) is 25.0. The van der Waals surface area contributed by atoms with Gasteiger partial charge in [-0.3, -0.25) is 0 Å². The highest BCUT2D eigenvalue weighted by molar-refractivity contribution is 5.01. The first-order valence-corrected chi connectivity index (χ1v) is 2.32. The number of nitriles is 1. The van der Waals surface area contributed by atoms with Crippen molar-refractivity contribution in [1.29, 1.82) is 5.26 Å². The van der Waals surface area contributed by atoms with Crippen LogP contribution in [-0.4, -0.2) is 6.23 Å². The van der Waals surface area contributed by atoms with E-state index in [1.807, 2.05) is 6.07 Å². The van der Waals surface area contributed by atoms with Crippen LogP contribution in [0.1, 0.15) is 6.92 Å². The summed E-state index contributed by atoms with van der Waals surface area (Å²) in [5.74, 6) is 0.761. The van der Waals surface area contributed by atoms with Gasteiger partial charge >= 0.3 is 0 Å². The quantitative estimate of drug-likeness (QED) is 0.488. The largest absolute Gasteiger partial charge is 0.460 e. The minimum atomic E-state index is -0.463. The van der Waals surface area contributed by atoms with Crippen molar-refractivity contribution < 1.29 is 4.74 Å². The summed E-state index contributed by atoms with van der Waals surface area (Å²) < 4.78 is 4.90. The van der Waals surface area contributed by atoms with Gasteiger partial charge in [-0.05, 0) is 6.92 Å². The average molecular weight is 110 g/mol. The predicted octanol–water partition coefficient (Wildman–Crippen LogP) is 0.317. The van der Waals surface area contributed by atoms with Gasteiger partial charge < -0.3 is 10.1 Å². The highest BCUT2D eigenvalue weighted by atomic mass is 16.5. The molecule has 8 heavy (non-hydrogen) atoms. The molecule has 1 atom stereocenters. The molecule has 42 valence electrons. The fourth-order valence-electron chi connectivity index (χ4n) is 0.511. The summed E-state index contributed by atoms with van der Waals surface area (Å²) in [4.78, 5) is 0. The monoisotopic (exact) mass is 110 g/mol. The second-order valence-corrected chi connectivity index (χ2v) is 1.55. The van der Waals surface area contributed by atoms with Gasteiger partial charge in [-0.25, -0.2) is 0 Å². The summed E-state index contributed by atoms with van der Waals surface area (Å²) in [7, 11) is 0. The molecule has 1 N–H and O–H groups in total. The zero-order chi connectivity index (χ0) is 5.98. The van der Waals surface area contributed by atoms with Gasteiger partial charge in [-0.1, -0.05) is 0 Å². The number of allylic oxidation sites excluding steroid dienone is 1. The van der Waals surface area contributed by atoms with Gasteiger partial charge in [0.05, 0.1) is 0 Å². The van der Waals surface area contributed by atoms with Crippen molar-refractivity contribution in [2.75, 3.05) is 0 Å². The summed E-state index contributed by atoms with van der Waals surface area (Å²) in [6.45, 7) is 1.80. The molecule has 3 nitrogen and oxygen atoms in total. The molecule has 0 saturated carbocycles. The van der Waals surface area contributed by atoms with Gasteiger partial charge in [0.2, 0.25) is 0 Å². The van der Waals surface area contributed by atoms with E-state index in [9.17, 15) is 0 Å². The SMILES string of the molecule is CC1=CNC(C#N)O1. The zero-order valence-corrected chi connectivity index (χ0v) is 4.51. The van der Waals surface area contributed by atoms with E-state index in [-0.39, 0.29) is 0 Å². The Balaban J connectivity index is 2.47. The third-order valence-electron chi connectivity index (χ3n) is 0.859. The van der Waals surface area contributed by atoms with E-state index in [1.54, 1.807) is 13.1 Å². The van der Waals surface area contributed by atoms with Crippen LogP contribution >= 0.6 is 0 Å². The summed E-state index contributed by atoms with van der Waals surface area (Å²) in [6.07, 6.45) is 1.21. The second kappa shape index (κ2) is 1.74. The number of ether oxygens (including phenoxy) is 1. The maximum atomic E-state index is 8.21. The molecule has 3 heteroatoms. The van der Waals surface area contributed by atoms with Crippen LogP contribution in [0.15, 0.2) is 12.0 Å². The molecule has 0 aromatic rings. The Kier molecular flexibility index (Phi) is 1.09. The Morgan fingerprint density at radius 3 is 3.00 bits per heavy atom. The molecule has 0 radical (unpaired) electrons. The molecular weight excluding hydrogens is 104 g/mol. The van der Waals surface area contributed by atoms with Gasteiger partial charge in [0.25, 0.3) is 6.23 Å². The van der Waals surface area contributed by atoms with Crippen LogP contribution in [0.3, 0.4) is 0 Å². The number of nitrogens with zero attached hydrogens (tertiary/aromatic N) is 1. The summed E-state index contributed by atoms with van der Waals surface area (Å²) >= 11 is 0. The smallest absolute Gasteiger partial charge is 0.258 e. The minimum Gasteiger partial charge on any atom is -0.460 e. The molecule has 0 saturated heterocycles. The first-order chi connectivity index (χ1) is 3.83. The van der Waals surface area contributed by atoms with Crippen LogP contribution in [0.25, 0.3) is 0 Å². The van der Waals surface area contributed by atoms with E-state index in [0.717, 1.165) is 5.76 Å². The molecular formula is C5H6N2O. The highest BCUT2D eigenvalue weighted by Crippen LogP contribution is 2.04. The molecule has 0 bridgehead atoms. The molecule has 0 fully saturated rings. The lowest BCUT2D eigenvalue weighted by Gasteiger charge is -1.99. The fourth-order valence-corrected chi connectivity index (χ4v) is 0.511. The molecule has 0 amide bonds. The summed E-state index contributed by atoms with van der Waals surface area (Å²) in [6, 6.07) is 1.91. The van der Waals surface area contributed by atoms with Crippen molar-refractivity contribution in [3.05, 3.63) is 12.0 Å². The maximum Gasteiger partial charge on any atom is 0.258 e. The van der Waals surface area contributed by atoms with Crippen molar-refractivity contribution in [3.63, 3.8) is 0 Å². The Hall–Kier alpha value is -1.17. The molecule has 1 aliphatic rings. The molecule has 1 heterocycles. The fraction of sp³-hybridized carbons (Fsp3) is 0.400. The third kappa shape index (κ3) is 0.733. The first-order valence-electron chi connectivity index (χ1n) is 2.32. The Labute approximate surface area is 47.6 Å². The lowest BCUT2D eigenvalue weighted by atomic mass is 10.6. The lowest BCUT2D eigenvalue weighted by Crippen LogP contribution is -2.17. The highest BCUT2D eigenvalue weighted by Gasteiger charge is 2.10. The van der Waals surface area contributed by atoms with Crippen LogP contribution in [-0.2, 0) is 4.74 Å². The zero-order valence-electron chi connectivity index (χ0n) is 4.51. The number of rotatable bonds is 0. The van der Waals surface area contributed by atoms with E-state index in [0.29, 0.717) is 0 Å². The molecule has 1 aliphatic heterocycles. The van der Waals surface area contributed by atoms with E-state index in [2.05, 4.69) is 5.32 Å². The topological polar surface area (TPSA) is 45.0 Å². The molecule has 1 unspecified atom stereocenters. The molecule has 0 aliphatic carbocycles. The number of nitrogens with one attached hydrogen (secondary N) is 1. The van der Waals surface area contributed by atoms with Crippen LogP contribution in [0.2, 0.25) is 0 Å². The summed E-state index contributed by atoms with van der Waals surface area (Å²) in [5, 5.41) is 10.9. The van der Waals surface area contributed by atoms with E-state index in [1.165, 1.54) is 0 Å². The van der Waals surface area contributed by atoms with Crippen molar-refractivity contribution in [2.45, 2.75) is 13.2 Å². The van der Waals surface area contributed by atoms with Crippen molar-refractivity contribution in [1.82, 2.24) is 5.32 Å². The predicted molar refractivity (Wildman–Crippen MR) is 27.4 cm³/mol. The van der Waals surface area contributed by atoms with Gasteiger partial charge in [0.1, 0.15) is 11.8 Å². The van der Waals surface area contributed by atoms with Crippen molar-refractivity contribution in [2.24, 2.45) is 0 Å². The van der Waals surface area contributed by atoms with Crippen molar-refractivity contribution >= 4 is 0 Å².